The number of thiophene rings is 1. The lowest BCUT2D eigenvalue weighted by Gasteiger charge is -2.41. The summed E-state index contributed by atoms with van der Waals surface area (Å²) in [5, 5.41) is 2.17. The van der Waals surface area contributed by atoms with Crippen molar-refractivity contribution >= 4 is 27.3 Å². The van der Waals surface area contributed by atoms with Gasteiger partial charge in [-0.3, -0.25) is 4.90 Å². The molecule has 1 saturated carbocycles. The molecule has 0 radical (unpaired) electrons. The molecule has 2 N–H and O–H groups in total. The highest BCUT2D eigenvalue weighted by molar-refractivity contribution is 9.10. The van der Waals surface area contributed by atoms with Gasteiger partial charge in [0.05, 0.1) is 0 Å². The van der Waals surface area contributed by atoms with Gasteiger partial charge in [-0.1, -0.05) is 32.6 Å². The lowest BCUT2D eigenvalue weighted by Crippen LogP contribution is -2.51. The predicted molar refractivity (Wildman–Crippen MR) is 96.8 cm³/mol. The van der Waals surface area contributed by atoms with Crippen LogP contribution in [0.1, 0.15) is 56.7 Å². The van der Waals surface area contributed by atoms with E-state index in [0.29, 0.717) is 0 Å². The van der Waals surface area contributed by atoms with E-state index in [0.717, 1.165) is 19.0 Å². The SMILES string of the molecule is CCCC1CCCC(CN)(N(C)Cc2cc(Br)cs2)CC1. The van der Waals surface area contributed by atoms with Gasteiger partial charge in [0.1, 0.15) is 0 Å². The number of rotatable bonds is 6. The van der Waals surface area contributed by atoms with E-state index in [9.17, 15) is 0 Å². The van der Waals surface area contributed by atoms with E-state index < -0.39 is 0 Å². The third kappa shape index (κ3) is 4.54. The molecule has 2 rings (SSSR count). The fraction of sp³-hybridized carbons (Fsp3) is 0.765. The van der Waals surface area contributed by atoms with Crippen molar-refractivity contribution in [3.8, 4) is 0 Å². The Morgan fingerprint density at radius 3 is 2.86 bits per heavy atom. The molecule has 4 heteroatoms. The summed E-state index contributed by atoms with van der Waals surface area (Å²) in [6.07, 6.45) is 9.31. The van der Waals surface area contributed by atoms with Gasteiger partial charge in [0.2, 0.25) is 0 Å². The summed E-state index contributed by atoms with van der Waals surface area (Å²) in [6.45, 7) is 4.11. The maximum absolute atomic E-state index is 6.24. The van der Waals surface area contributed by atoms with Gasteiger partial charge in [0.15, 0.2) is 0 Å². The summed E-state index contributed by atoms with van der Waals surface area (Å²) in [5.41, 5.74) is 6.45. The van der Waals surface area contributed by atoms with Crippen LogP contribution in [0, 0.1) is 5.92 Å². The Labute approximate surface area is 142 Å². The summed E-state index contributed by atoms with van der Waals surface area (Å²) in [6, 6.07) is 2.24. The highest BCUT2D eigenvalue weighted by atomic mass is 79.9. The Balaban J connectivity index is 2.02. The van der Waals surface area contributed by atoms with Crippen molar-refractivity contribution in [2.45, 2.75) is 64.0 Å². The molecule has 0 amide bonds. The van der Waals surface area contributed by atoms with E-state index in [1.165, 1.54) is 54.3 Å². The van der Waals surface area contributed by atoms with Gasteiger partial charge in [-0.05, 0) is 54.2 Å². The largest absolute Gasteiger partial charge is 0.329 e. The summed E-state index contributed by atoms with van der Waals surface area (Å²) < 4.78 is 1.20. The zero-order valence-corrected chi connectivity index (χ0v) is 15.8. The normalized spacial score (nSPS) is 27.0. The smallest absolute Gasteiger partial charge is 0.0332 e. The topological polar surface area (TPSA) is 29.3 Å². The molecule has 1 aromatic heterocycles. The monoisotopic (exact) mass is 372 g/mol. The second-order valence-electron chi connectivity index (χ2n) is 6.60. The van der Waals surface area contributed by atoms with Crippen molar-refractivity contribution in [2.24, 2.45) is 11.7 Å². The van der Waals surface area contributed by atoms with E-state index in [2.05, 4.69) is 46.2 Å². The first kappa shape index (κ1) is 17.5. The van der Waals surface area contributed by atoms with Gasteiger partial charge in [0.25, 0.3) is 0 Å². The van der Waals surface area contributed by atoms with Crippen LogP contribution >= 0.6 is 27.3 Å². The highest BCUT2D eigenvalue weighted by Gasteiger charge is 2.35. The molecule has 0 saturated heterocycles. The Hall–Kier alpha value is 0.1000. The van der Waals surface area contributed by atoms with Crippen molar-refractivity contribution in [1.82, 2.24) is 4.90 Å². The van der Waals surface area contributed by atoms with Crippen LogP contribution in [-0.4, -0.2) is 24.0 Å². The van der Waals surface area contributed by atoms with E-state index >= 15 is 0 Å². The zero-order chi connectivity index (χ0) is 15.3. The lowest BCUT2D eigenvalue weighted by molar-refractivity contribution is 0.0993. The molecule has 2 unspecified atom stereocenters. The van der Waals surface area contributed by atoms with Crippen LogP contribution in [-0.2, 0) is 6.54 Å². The first-order valence-electron chi connectivity index (χ1n) is 8.24. The van der Waals surface area contributed by atoms with E-state index in [1.807, 2.05) is 11.3 Å². The zero-order valence-electron chi connectivity index (χ0n) is 13.4. The maximum atomic E-state index is 6.24. The number of nitrogens with two attached hydrogens (primary N) is 1. The third-order valence-electron chi connectivity index (χ3n) is 5.17. The average Bonchev–Trinajstić information content (AvgIpc) is 2.75. The van der Waals surface area contributed by atoms with Crippen molar-refractivity contribution in [1.29, 1.82) is 0 Å². The van der Waals surface area contributed by atoms with Crippen LogP contribution in [0.2, 0.25) is 0 Å². The van der Waals surface area contributed by atoms with Gasteiger partial charge in [0, 0.05) is 33.4 Å². The van der Waals surface area contributed by atoms with Gasteiger partial charge in [-0.15, -0.1) is 11.3 Å². The lowest BCUT2D eigenvalue weighted by atomic mass is 9.87. The molecule has 1 aromatic rings. The minimum atomic E-state index is 0.207. The Morgan fingerprint density at radius 2 is 2.24 bits per heavy atom. The number of hydrogen-bond acceptors (Lipinski definition) is 3. The molecule has 2 nitrogen and oxygen atoms in total. The first-order chi connectivity index (χ1) is 10.1. The maximum Gasteiger partial charge on any atom is 0.0332 e. The van der Waals surface area contributed by atoms with Gasteiger partial charge in [-0.25, -0.2) is 0 Å². The van der Waals surface area contributed by atoms with Crippen LogP contribution in [0.4, 0.5) is 0 Å². The molecular weight excluding hydrogens is 344 g/mol. The minimum Gasteiger partial charge on any atom is -0.329 e. The third-order valence-corrected chi connectivity index (χ3v) is 6.86. The molecule has 1 aliphatic rings. The summed E-state index contributed by atoms with van der Waals surface area (Å²) in [4.78, 5) is 3.95. The van der Waals surface area contributed by atoms with Crippen molar-refractivity contribution in [3.05, 3.63) is 20.8 Å². The number of nitrogens with zero attached hydrogens (tertiary/aromatic N) is 1. The second kappa shape index (κ2) is 8.09. The van der Waals surface area contributed by atoms with E-state index in [1.54, 1.807) is 0 Å². The van der Waals surface area contributed by atoms with E-state index in [4.69, 9.17) is 5.73 Å². The highest BCUT2D eigenvalue weighted by Crippen LogP contribution is 2.36. The quantitative estimate of drug-likeness (QED) is 0.710. The number of hydrogen-bond donors (Lipinski definition) is 1. The van der Waals surface area contributed by atoms with Crippen LogP contribution in [0.15, 0.2) is 15.9 Å². The van der Waals surface area contributed by atoms with Crippen molar-refractivity contribution in [3.63, 3.8) is 0 Å². The van der Waals surface area contributed by atoms with Crippen LogP contribution in [0.25, 0.3) is 0 Å². The molecule has 21 heavy (non-hydrogen) atoms. The van der Waals surface area contributed by atoms with Crippen LogP contribution in [0.5, 0.6) is 0 Å². The molecule has 120 valence electrons. The molecule has 1 aliphatic carbocycles. The fourth-order valence-corrected chi connectivity index (χ4v) is 5.24. The molecule has 0 aliphatic heterocycles. The van der Waals surface area contributed by atoms with Gasteiger partial charge >= 0.3 is 0 Å². The van der Waals surface area contributed by atoms with E-state index in [-0.39, 0.29) is 5.54 Å². The summed E-state index contributed by atoms with van der Waals surface area (Å²) >= 11 is 5.39. The van der Waals surface area contributed by atoms with Gasteiger partial charge < -0.3 is 5.73 Å². The second-order valence-corrected chi connectivity index (χ2v) is 8.51. The number of halogens is 1. The summed E-state index contributed by atoms with van der Waals surface area (Å²) in [5.74, 6) is 0.924. The average molecular weight is 373 g/mol. The van der Waals surface area contributed by atoms with Crippen molar-refractivity contribution < 1.29 is 0 Å². The molecule has 1 fully saturated rings. The molecular formula is C17H29BrN2S. The predicted octanol–water partition coefficient (Wildman–Crippen LogP) is 5.02. The van der Waals surface area contributed by atoms with Crippen LogP contribution < -0.4 is 5.73 Å². The number of likely N-dealkylation sites (N-methyl/N-ethyl adjacent to an activating group) is 1. The molecule has 2 atom stereocenters. The summed E-state index contributed by atoms with van der Waals surface area (Å²) in [7, 11) is 2.26. The van der Waals surface area contributed by atoms with Crippen LogP contribution in [0.3, 0.4) is 0 Å². The fourth-order valence-electron chi connectivity index (χ4n) is 3.74. The molecule has 0 bridgehead atoms. The Bertz CT molecular complexity index is 434. The Morgan fingerprint density at radius 1 is 1.43 bits per heavy atom. The minimum absolute atomic E-state index is 0.207. The molecule has 0 spiro atoms. The first-order valence-corrected chi connectivity index (χ1v) is 9.91. The van der Waals surface area contributed by atoms with Crippen molar-refractivity contribution in [2.75, 3.05) is 13.6 Å². The van der Waals surface area contributed by atoms with Gasteiger partial charge in [-0.2, -0.15) is 0 Å². The standard InChI is InChI=1S/C17H29BrN2S/c1-3-5-14-6-4-8-17(13-19,9-7-14)20(2)11-16-10-15(18)12-21-16/h10,12,14H,3-9,11,13,19H2,1-2H3. The molecule has 0 aromatic carbocycles. The Kier molecular flexibility index (Phi) is 6.73. The molecule has 1 heterocycles.